The Morgan fingerprint density at radius 1 is 1.11 bits per heavy atom. The lowest BCUT2D eigenvalue weighted by Crippen LogP contribution is -2.50. The molecular weight excluding hydrogens is 448 g/mol. The third kappa shape index (κ3) is 4.59. The van der Waals surface area contributed by atoms with Crippen LogP contribution in [0.25, 0.3) is 11.3 Å². The number of ether oxygens (including phenoxy) is 1. The zero-order chi connectivity index (χ0) is 24.9. The Labute approximate surface area is 205 Å². The minimum atomic E-state index is -0.594. The molecule has 0 amide bonds. The summed E-state index contributed by atoms with van der Waals surface area (Å²) in [6, 6.07) is 7.29. The quantitative estimate of drug-likeness (QED) is 0.506. The van der Waals surface area contributed by atoms with Crippen LogP contribution >= 0.6 is 0 Å². The number of fused-ring (bicyclic) bond motifs is 2. The molecule has 0 N–H and O–H groups in total. The highest BCUT2D eigenvalue weighted by Gasteiger charge is 2.36. The summed E-state index contributed by atoms with van der Waals surface area (Å²) in [6.07, 6.45) is 2.41. The lowest BCUT2D eigenvalue weighted by molar-refractivity contribution is 0.0960. The summed E-state index contributed by atoms with van der Waals surface area (Å²) in [4.78, 5) is 17.8. The van der Waals surface area contributed by atoms with Gasteiger partial charge >= 0.3 is 0 Å². The minimum absolute atomic E-state index is 0.0755. The lowest BCUT2D eigenvalue weighted by Gasteiger charge is -2.44. The third-order valence-corrected chi connectivity index (χ3v) is 6.78. The molecule has 0 aliphatic carbocycles. The van der Waals surface area contributed by atoms with E-state index in [2.05, 4.69) is 46.7 Å². The molecular formula is C27H31F2N5O. The lowest BCUT2D eigenvalue weighted by atomic mass is 10.00. The number of anilines is 1. The fourth-order valence-electron chi connectivity index (χ4n) is 4.86. The van der Waals surface area contributed by atoms with Gasteiger partial charge in [0.05, 0.1) is 30.5 Å². The summed E-state index contributed by atoms with van der Waals surface area (Å²) in [5, 5.41) is 0. The Morgan fingerprint density at radius 3 is 2.69 bits per heavy atom. The second kappa shape index (κ2) is 8.82. The van der Waals surface area contributed by atoms with Crippen molar-refractivity contribution in [2.75, 3.05) is 18.5 Å². The van der Waals surface area contributed by atoms with Crippen molar-refractivity contribution in [1.82, 2.24) is 19.9 Å². The molecule has 184 valence electrons. The summed E-state index contributed by atoms with van der Waals surface area (Å²) < 4.78 is 36.2. The van der Waals surface area contributed by atoms with Gasteiger partial charge in [-0.15, -0.1) is 0 Å². The number of hydrogen-bond acceptors (Lipinski definition) is 6. The number of aromatic nitrogens is 3. The summed E-state index contributed by atoms with van der Waals surface area (Å²) in [6.45, 7) is 10.4. The Hall–Kier alpha value is -3.13. The van der Waals surface area contributed by atoms with Crippen LogP contribution in [0.15, 0.2) is 30.5 Å². The number of benzene rings is 1. The molecule has 1 aromatic carbocycles. The number of rotatable bonds is 5. The second-order valence-corrected chi connectivity index (χ2v) is 10.3. The second-order valence-electron chi connectivity index (χ2n) is 10.3. The zero-order valence-corrected chi connectivity index (χ0v) is 20.9. The maximum absolute atomic E-state index is 15.3. The van der Waals surface area contributed by atoms with Crippen molar-refractivity contribution in [1.29, 1.82) is 0 Å². The highest BCUT2D eigenvalue weighted by atomic mass is 19.1. The van der Waals surface area contributed by atoms with Gasteiger partial charge in [-0.2, -0.15) is 0 Å². The van der Waals surface area contributed by atoms with E-state index in [0.717, 1.165) is 37.1 Å². The molecule has 1 atom stereocenters. The summed E-state index contributed by atoms with van der Waals surface area (Å²) in [7, 11) is 2.06. The van der Waals surface area contributed by atoms with Gasteiger partial charge in [0.25, 0.3) is 0 Å². The molecule has 4 heterocycles. The first-order valence-corrected chi connectivity index (χ1v) is 12.1. The van der Waals surface area contributed by atoms with E-state index < -0.39 is 17.2 Å². The molecule has 0 saturated carbocycles. The van der Waals surface area contributed by atoms with E-state index in [4.69, 9.17) is 9.72 Å². The van der Waals surface area contributed by atoms with Gasteiger partial charge in [-0.25, -0.2) is 18.7 Å². The zero-order valence-electron chi connectivity index (χ0n) is 20.9. The van der Waals surface area contributed by atoms with Gasteiger partial charge in [-0.3, -0.25) is 9.88 Å². The molecule has 0 spiro atoms. The molecule has 0 fully saturated rings. The number of pyridine rings is 1. The molecule has 2 aliphatic rings. The van der Waals surface area contributed by atoms with Crippen LogP contribution in [0.4, 0.5) is 14.5 Å². The average Bonchev–Trinajstić information content (AvgIpc) is 3.18. The molecule has 0 saturated heterocycles. The molecule has 2 aliphatic heterocycles. The Balaban J connectivity index is 1.51. The van der Waals surface area contributed by atoms with Crippen LogP contribution in [0.3, 0.4) is 0 Å². The topological polar surface area (TPSA) is 54.4 Å². The van der Waals surface area contributed by atoms with Crippen molar-refractivity contribution in [3.63, 3.8) is 0 Å². The average molecular weight is 480 g/mol. The molecule has 8 heteroatoms. The van der Waals surface area contributed by atoms with Gasteiger partial charge in [-0.1, -0.05) is 13.0 Å². The number of hydrogen-bond donors (Lipinski definition) is 0. The van der Waals surface area contributed by atoms with Crippen LogP contribution in [0, 0.1) is 11.6 Å². The first kappa shape index (κ1) is 23.6. The van der Waals surface area contributed by atoms with Crippen molar-refractivity contribution in [2.45, 2.75) is 65.3 Å². The largest absolute Gasteiger partial charge is 0.481 e. The van der Waals surface area contributed by atoms with Gasteiger partial charge in [0, 0.05) is 30.4 Å². The van der Waals surface area contributed by atoms with Crippen molar-refractivity contribution in [2.24, 2.45) is 0 Å². The van der Waals surface area contributed by atoms with Gasteiger partial charge in [0.15, 0.2) is 17.4 Å². The Kier molecular flexibility index (Phi) is 5.95. The standard InChI is InChI=1S/C27H31F2N5O/c1-6-16(2)34-15-27(3,4)35-26-20(28)9-18(10-23(26)34)25-21(29)12-30-24(32-25)11-19-8-7-17-13-33(5)14-22(17)31-19/h7-10,12,16H,6,11,13-15H2,1-5H3. The highest BCUT2D eigenvalue weighted by molar-refractivity contribution is 5.72. The predicted molar refractivity (Wildman–Crippen MR) is 131 cm³/mol. The molecule has 1 unspecified atom stereocenters. The predicted octanol–water partition coefficient (Wildman–Crippen LogP) is 5.13. The van der Waals surface area contributed by atoms with E-state index in [1.807, 2.05) is 19.9 Å². The summed E-state index contributed by atoms with van der Waals surface area (Å²) in [5.41, 5.74) is 3.62. The monoisotopic (exact) mass is 479 g/mol. The van der Waals surface area contributed by atoms with Gasteiger partial charge < -0.3 is 9.64 Å². The molecule has 6 nitrogen and oxygen atoms in total. The minimum Gasteiger partial charge on any atom is -0.481 e. The van der Waals surface area contributed by atoms with Gasteiger partial charge in [0.2, 0.25) is 0 Å². The normalized spacial score (nSPS) is 17.6. The van der Waals surface area contributed by atoms with Crippen molar-refractivity contribution in [3.05, 3.63) is 64.9 Å². The van der Waals surface area contributed by atoms with Crippen molar-refractivity contribution >= 4 is 5.69 Å². The van der Waals surface area contributed by atoms with Crippen LogP contribution < -0.4 is 9.64 Å². The number of halogens is 2. The van der Waals surface area contributed by atoms with Crippen LogP contribution in [-0.4, -0.2) is 45.1 Å². The Morgan fingerprint density at radius 2 is 1.91 bits per heavy atom. The summed E-state index contributed by atoms with van der Waals surface area (Å²) in [5.74, 6) is -0.479. The van der Waals surface area contributed by atoms with Gasteiger partial charge in [-0.05, 0) is 58.0 Å². The first-order valence-electron chi connectivity index (χ1n) is 12.1. The molecule has 3 aromatic rings. The molecule has 0 radical (unpaired) electrons. The van der Waals surface area contributed by atoms with Crippen molar-refractivity contribution in [3.8, 4) is 17.0 Å². The smallest absolute Gasteiger partial charge is 0.179 e. The van der Waals surface area contributed by atoms with Crippen LogP contribution in [0.5, 0.6) is 5.75 Å². The first-order chi connectivity index (χ1) is 16.6. The number of nitrogens with zero attached hydrogens (tertiary/aromatic N) is 5. The van der Waals surface area contributed by atoms with Crippen molar-refractivity contribution < 1.29 is 13.5 Å². The SMILES string of the molecule is CCC(C)N1CC(C)(C)Oc2c(F)cc(-c3nc(Cc4ccc5c(n4)CN(C)C5)ncc3F)cc21. The van der Waals surface area contributed by atoms with E-state index in [1.165, 1.54) is 11.6 Å². The van der Waals surface area contributed by atoms with E-state index in [1.54, 1.807) is 6.07 Å². The molecule has 2 aromatic heterocycles. The molecule has 35 heavy (non-hydrogen) atoms. The van der Waals surface area contributed by atoms with E-state index >= 15 is 4.39 Å². The molecule has 5 rings (SSSR count). The van der Waals surface area contributed by atoms with E-state index in [-0.39, 0.29) is 17.5 Å². The fraction of sp³-hybridized carbons (Fsp3) is 0.444. The highest BCUT2D eigenvalue weighted by Crippen LogP contribution is 2.43. The van der Waals surface area contributed by atoms with E-state index in [9.17, 15) is 4.39 Å². The fourth-order valence-corrected chi connectivity index (χ4v) is 4.86. The van der Waals surface area contributed by atoms with Crippen LogP contribution in [0.2, 0.25) is 0 Å². The van der Waals surface area contributed by atoms with Crippen LogP contribution in [0.1, 0.15) is 56.9 Å². The summed E-state index contributed by atoms with van der Waals surface area (Å²) >= 11 is 0. The van der Waals surface area contributed by atoms with E-state index in [0.29, 0.717) is 30.0 Å². The molecule has 0 bridgehead atoms. The third-order valence-electron chi connectivity index (χ3n) is 6.78. The Bertz CT molecular complexity index is 1280. The maximum Gasteiger partial charge on any atom is 0.179 e. The maximum atomic E-state index is 15.3. The van der Waals surface area contributed by atoms with Gasteiger partial charge in [0.1, 0.15) is 17.1 Å². The van der Waals surface area contributed by atoms with Crippen LogP contribution in [-0.2, 0) is 19.5 Å².